The Morgan fingerprint density at radius 2 is 2.50 bits per heavy atom. The van der Waals surface area contributed by atoms with Gasteiger partial charge in [-0.25, -0.2) is 0 Å². The van der Waals surface area contributed by atoms with E-state index in [1.807, 2.05) is 0 Å². The van der Waals surface area contributed by atoms with Crippen LogP contribution in [0.3, 0.4) is 0 Å². The van der Waals surface area contributed by atoms with Crippen molar-refractivity contribution in [2.45, 2.75) is 5.88 Å². The summed E-state index contributed by atoms with van der Waals surface area (Å²) in [5.41, 5.74) is 0.610. The average Bonchev–Trinajstić information content (AvgIpc) is 2.33. The van der Waals surface area contributed by atoms with E-state index < -0.39 is 5.24 Å². The van der Waals surface area contributed by atoms with Gasteiger partial charge in [0.05, 0.1) is 5.88 Å². The number of hydrogen-bond donors (Lipinski definition) is 0. The fourth-order valence-electron chi connectivity index (χ4n) is 0.514. The minimum atomic E-state index is -0.649. The van der Waals surface area contributed by atoms with Crippen molar-refractivity contribution in [2.24, 2.45) is 0 Å². The standard InChI is InChI=1S/C5H3Cl2NO2/c6-1-3-2-10-8-4(3)5(7)9/h2H,1H2. The monoisotopic (exact) mass is 179 g/mol. The first kappa shape index (κ1) is 7.57. The highest BCUT2D eigenvalue weighted by Gasteiger charge is 2.12. The molecule has 10 heavy (non-hydrogen) atoms. The van der Waals surface area contributed by atoms with Crippen LogP contribution >= 0.6 is 23.2 Å². The van der Waals surface area contributed by atoms with Crippen molar-refractivity contribution in [2.75, 3.05) is 0 Å². The molecule has 0 aliphatic heterocycles. The van der Waals surface area contributed by atoms with Gasteiger partial charge in [0.15, 0.2) is 5.69 Å². The Kier molecular flexibility index (Phi) is 2.29. The first-order valence-electron chi connectivity index (χ1n) is 2.44. The lowest BCUT2D eigenvalue weighted by atomic mass is 10.3. The fourth-order valence-corrected chi connectivity index (χ4v) is 0.859. The van der Waals surface area contributed by atoms with Crippen LogP contribution in [-0.2, 0) is 5.88 Å². The van der Waals surface area contributed by atoms with Crippen molar-refractivity contribution in [3.8, 4) is 0 Å². The Morgan fingerprint density at radius 3 is 2.90 bits per heavy atom. The Balaban J connectivity index is 3.01. The average molecular weight is 180 g/mol. The van der Waals surface area contributed by atoms with Crippen LogP contribution in [0.4, 0.5) is 0 Å². The van der Waals surface area contributed by atoms with Crippen LogP contribution in [0.5, 0.6) is 0 Å². The number of aromatic nitrogens is 1. The Labute approximate surface area is 66.9 Å². The molecule has 0 fully saturated rings. The second kappa shape index (κ2) is 3.03. The van der Waals surface area contributed by atoms with Gasteiger partial charge in [0.25, 0.3) is 5.24 Å². The smallest absolute Gasteiger partial charge is 0.274 e. The van der Waals surface area contributed by atoms with Gasteiger partial charge >= 0.3 is 0 Å². The molecule has 0 aliphatic rings. The van der Waals surface area contributed by atoms with Crippen LogP contribution in [0.2, 0.25) is 0 Å². The van der Waals surface area contributed by atoms with E-state index in [-0.39, 0.29) is 11.6 Å². The first-order chi connectivity index (χ1) is 4.75. The van der Waals surface area contributed by atoms with Gasteiger partial charge in [-0.1, -0.05) is 5.16 Å². The second-order valence-electron chi connectivity index (χ2n) is 1.60. The highest BCUT2D eigenvalue weighted by molar-refractivity contribution is 6.67. The van der Waals surface area contributed by atoms with Gasteiger partial charge in [-0.15, -0.1) is 11.6 Å². The van der Waals surface area contributed by atoms with Gasteiger partial charge in [-0.2, -0.15) is 0 Å². The van der Waals surface area contributed by atoms with E-state index in [4.69, 9.17) is 23.2 Å². The molecule has 0 bridgehead atoms. The molecule has 0 radical (unpaired) electrons. The second-order valence-corrected chi connectivity index (χ2v) is 2.21. The molecule has 0 saturated heterocycles. The molecule has 0 aliphatic carbocycles. The maximum absolute atomic E-state index is 10.5. The van der Waals surface area contributed by atoms with E-state index in [0.29, 0.717) is 5.56 Å². The lowest BCUT2D eigenvalue weighted by Crippen LogP contribution is -1.92. The summed E-state index contributed by atoms with van der Waals surface area (Å²) in [4.78, 5) is 10.5. The van der Waals surface area contributed by atoms with E-state index in [0.717, 1.165) is 0 Å². The number of alkyl halides is 1. The lowest BCUT2D eigenvalue weighted by Gasteiger charge is -1.85. The lowest BCUT2D eigenvalue weighted by molar-refractivity contribution is 0.107. The minimum Gasteiger partial charge on any atom is -0.364 e. The van der Waals surface area contributed by atoms with Gasteiger partial charge in [-0.3, -0.25) is 4.79 Å². The van der Waals surface area contributed by atoms with E-state index >= 15 is 0 Å². The van der Waals surface area contributed by atoms with Gasteiger partial charge in [-0.05, 0) is 11.6 Å². The summed E-state index contributed by atoms with van der Waals surface area (Å²) >= 11 is 10.5. The highest BCUT2D eigenvalue weighted by atomic mass is 35.5. The summed E-state index contributed by atoms with van der Waals surface area (Å²) in [6.07, 6.45) is 1.29. The maximum atomic E-state index is 10.5. The molecule has 0 aromatic carbocycles. The predicted molar refractivity (Wildman–Crippen MR) is 36.2 cm³/mol. The number of carbonyl (C=O) groups excluding carboxylic acids is 1. The summed E-state index contributed by atoms with van der Waals surface area (Å²) < 4.78 is 4.46. The molecule has 1 rings (SSSR count). The van der Waals surface area contributed by atoms with Crippen LogP contribution in [0.25, 0.3) is 0 Å². The Morgan fingerprint density at radius 1 is 1.80 bits per heavy atom. The number of halogens is 2. The SMILES string of the molecule is O=C(Cl)c1nocc1CCl. The van der Waals surface area contributed by atoms with Gasteiger partial charge < -0.3 is 4.52 Å². The Hall–Kier alpha value is -0.540. The molecule has 1 aromatic heterocycles. The molecule has 3 nitrogen and oxygen atoms in total. The summed E-state index contributed by atoms with van der Waals surface area (Å²) in [5, 5.41) is 2.70. The van der Waals surface area contributed by atoms with Crippen molar-refractivity contribution in [1.82, 2.24) is 5.16 Å². The van der Waals surface area contributed by atoms with Crippen molar-refractivity contribution < 1.29 is 9.32 Å². The van der Waals surface area contributed by atoms with Crippen molar-refractivity contribution in [3.05, 3.63) is 17.5 Å². The number of carbonyl (C=O) groups is 1. The van der Waals surface area contributed by atoms with Crippen LogP contribution in [-0.4, -0.2) is 10.4 Å². The van der Waals surface area contributed by atoms with Crippen LogP contribution < -0.4 is 0 Å². The number of nitrogens with zero attached hydrogens (tertiary/aromatic N) is 1. The topological polar surface area (TPSA) is 43.1 Å². The van der Waals surface area contributed by atoms with Crippen LogP contribution in [0.1, 0.15) is 16.1 Å². The molecule has 5 heteroatoms. The molecular formula is C5H3Cl2NO2. The third kappa shape index (κ3) is 1.30. The van der Waals surface area contributed by atoms with Crippen LogP contribution in [0.15, 0.2) is 10.8 Å². The van der Waals surface area contributed by atoms with E-state index in [1.165, 1.54) is 6.26 Å². The molecule has 0 unspecified atom stereocenters. The summed E-state index contributed by atoms with van der Waals surface area (Å²) in [6.45, 7) is 0. The third-order valence-corrected chi connectivity index (χ3v) is 1.44. The van der Waals surface area contributed by atoms with Gasteiger partial charge in [0.2, 0.25) is 0 Å². The number of hydrogen-bond acceptors (Lipinski definition) is 3. The molecule has 0 saturated carbocycles. The molecule has 0 spiro atoms. The van der Waals surface area contributed by atoms with Crippen molar-refractivity contribution in [1.29, 1.82) is 0 Å². The maximum Gasteiger partial charge on any atom is 0.274 e. The predicted octanol–water partition coefficient (Wildman–Crippen LogP) is 1.79. The highest BCUT2D eigenvalue weighted by Crippen LogP contribution is 2.11. The number of rotatable bonds is 2. The molecular weight excluding hydrogens is 177 g/mol. The van der Waals surface area contributed by atoms with Crippen molar-refractivity contribution in [3.63, 3.8) is 0 Å². The summed E-state index contributed by atoms with van der Waals surface area (Å²) in [6, 6.07) is 0. The van der Waals surface area contributed by atoms with Gasteiger partial charge in [0.1, 0.15) is 6.26 Å². The van der Waals surface area contributed by atoms with Crippen LogP contribution in [0, 0.1) is 0 Å². The molecule has 0 N–H and O–H groups in total. The Bertz CT molecular complexity index is 246. The zero-order valence-corrected chi connectivity index (χ0v) is 6.32. The molecule has 0 atom stereocenters. The van der Waals surface area contributed by atoms with E-state index in [1.54, 1.807) is 0 Å². The first-order valence-corrected chi connectivity index (χ1v) is 3.36. The zero-order valence-electron chi connectivity index (χ0n) is 4.80. The molecule has 0 amide bonds. The molecule has 1 heterocycles. The zero-order chi connectivity index (χ0) is 7.56. The summed E-state index contributed by atoms with van der Waals surface area (Å²) in [5.74, 6) is 0.178. The normalized spacial score (nSPS) is 9.80. The van der Waals surface area contributed by atoms with Crippen molar-refractivity contribution >= 4 is 28.4 Å². The minimum absolute atomic E-state index is 0.0941. The van der Waals surface area contributed by atoms with E-state index in [2.05, 4.69) is 9.68 Å². The third-order valence-electron chi connectivity index (χ3n) is 0.973. The fraction of sp³-hybridized carbons (Fsp3) is 0.200. The quantitative estimate of drug-likeness (QED) is 0.514. The largest absolute Gasteiger partial charge is 0.364 e. The molecule has 54 valence electrons. The molecule has 1 aromatic rings. The van der Waals surface area contributed by atoms with Gasteiger partial charge in [0, 0.05) is 5.56 Å². The summed E-state index contributed by atoms with van der Waals surface area (Å²) in [7, 11) is 0. The van der Waals surface area contributed by atoms with E-state index in [9.17, 15) is 4.79 Å².